The first-order valence-electron chi connectivity index (χ1n) is 6.00. The van der Waals surface area contributed by atoms with Gasteiger partial charge in [0.15, 0.2) is 0 Å². The molecule has 0 spiro atoms. The van der Waals surface area contributed by atoms with Crippen LogP contribution in [0.5, 0.6) is 0 Å². The molecule has 88 valence electrons. The lowest BCUT2D eigenvalue weighted by molar-refractivity contribution is 0.321. The zero-order valence-corrected chi connectivity index (χ0v) is 9.84. The smallest absolute Gasteiger partial charge is 0.0696 e. The van der Waals surface area contributed by atoms with Gasteiger partial charge in [-0.1, -0.05) is 47.6 Å². The van der Waals surface area contributed by atoms with Gasteiger partial charge in [0, 0.05) is 0 Å². The van der Waals surface area contributed by atoms with Crippen LogP contribution in [0.15, 0.2) is 58.8 Å². The molecule has 0 aliphatic heterocycles. The van der Waals surface area contributed by atoms with E-state index in [1.807, 2.05) is 6.07 Å². The Bertz CT molecular complexity index is 443. The molecule has 0 saturated carbocycles. The maximum absolute atomic E-state index is 8.56. The standard InChI is InChI=1S/C15H17NO/c17-16-12-15-11-5-10-14(15)9-4-8-13-6-2-1-3-7-13/h1-4,6-7,9,12,17H,5,8,10-11H2/b9-4+,16-12+. The van der Waals surface area contributed by atoms with Crippen molar-refractivity contribution in [2.75, 3.05) is 0 Å². The number of nitrogens with zero attached hydrogens (tertiary/aromatic N) is 1. The van der Waals surface area contributed by atoms with Gasteiger partial charge in [-0.05, 0) is 42.4 Å². The Hall–Kier alpha value is -1.83. The average molecular weight is 227 g/mol. The fraction of sp³-hybridized carbons (Fsp3) is 0.267. The van der Waals surface area contributed by atoms with Gasteiger partial charge >= 0.3 is 0 Å². The van der Waals surface area contributed by atoms with Gasteiger partial charge in [-0.2, -0.15) is 0 Å². The van der Waals surface area contributed by atoms with E-state index in [2.05, 4.69) is 41.6 Å². The Morgan fingerprint density at radius 1 is 1.12 bits per heavy atom. The SMILES string of the molecule is O/N=C/C1=C(/C=C/Cc2ccccc2)CCC1. The molecule has 1 aromatic carbocycles. The minimum atomic E-state index is 0.952. The first-order valence-corrected chi connectivity index (χ1v) is 6.00. The van der Waals surface area contributed by atoms with E-state index in [0.29, 0.717) is 0 Å². The highest BCUT2D eigenvalue weighted by atomic mass is 16.4. The van der Waals surface area contributed by atoms with Crippen molar-refractivity contribution < 1.29 is 5.21 Å². The number of hydrogen-bond acceptors (Lipinski definition) is 2. The molecule has 2 rings (SSSR count). The Morgan fingerprint density at radius 2 is 1.88 bits per heavy atom. The largest absolute Gasteiger partial charge is 0.411 e. The number of benzene rings is 1. The van der Waals surface area contributed by atoms with Crippen LogP contribution in [0, 0.1) is 0 Å². The quantitative estimate of drug-likeness (QED) is 0.474. The van der Waals surface area contributed by atoms with Crippen LogP contribution in [0.3, 0.4) is 0 Å². The van der Waals surface area contributed by atoms with Crippen LogP contribution in [0.1, 0.15) is 24.8 Å². The van der Waals surface area contributed by atoms with E-state index >= 15 is 0 Å². The van der Waals surface area contributed by atoms with Crippen molar-refractivity contribution in [2.45, 2.75) is 25.7 Å². The summed E-state index contributed by atoms with van der Waals surface area (Å²) in [5, 5.41) is 11.7. The molecular weight excluding hydrogens is 210 g/mol. The lowest BCUT2D eigenvalue weighted by atomic mass is 10.1. The summed E-state index contributed by atoms with van der Waals surface area (Å²) in [5.41, 5.74) is 3.79. The summed E-state index contributed by atoms with van der Waals surface area (Å²) in [4.78, 5) is 0. The van der Waals surface area contributed by atoms with Crippen LogP contribution in [-0.2, 0) is 6.42 Å². The Morgan fingerprint density at radius 3 is 2.65 bits per heavy atom. The third-order valence-electron chi connectivity index (χ3n) is 3.03. The van der Waals surface area contributed by atoms with Gasteiger partial charge in [-0.15, -0.1) is 0 Å². The number of oxime groups is 1. The molecular formula is C15H17NO. The van der Waals surface area contributed by atoms with Gasteiger partial charge in [-0.25, -0.2) is 0 Å². The zero-order valence-electron chi connectivity index (χ0n) is 9.84. The van der Waals surface area contributed by atoms with Crippen molar-refractivity contribution in [1.29, 1.82) is 0 Å². The molecule has 0 radical (unpaired) electrons. The molecule has 0 aromatic heterocycles. The molecule has 0 fully saturated rings. The normalized spacial score (nSPS) is 16.5. The van der Waals surface area contributed by atoms with E-state index in [-0.39, 0.29) is 0 Å². The van der Waals surface area contributed by atoms with Crippen molar-refractivity contribution in [1.82, 2.24) is 0 Å². The summed E-state index contributed by atoms with van der Waals surface area (Å²) < 4.78 is 0. The van der Waals surface area contributed by atoms with Gasteiger partial charge in [0.2, 0.25) is 0 Å². The lowest BCUT2D eigenvalue weighted by Gasteiger charge is -1.97. The van der Waals surface area contributed by atoms with E-state index in [9.17, 15) is 0 Å². The molecule has 1 aromatic rings. The number of allylic oxidation sites excluding steroid dienone is 4. The van der Waals surface area contributed by atoms with Crippen molar-refractivity contribution in [3.05, 3.63) is 59.2 Å². The van der Waals surface area contributed by atoms with Gasteiger partial charge < -0.3 is 5.21 Å². The third kappa shape index (κ3) is 3.31. The van der Waals surface area contributed by atoms with Crippen molar-refractivity contribution in [3.8, 4) is 0 Å². The van der Waals surface area contributed by atoms with Gasteiger partial charge in [0.1, 0.15) is 0 Å². The van der Waals surface area contributed by atoms with Crippen LogP contribution >= 0.6 is 0 Å². The van der Waals surface area contributed by atoms with Crippen LogP contribution in [0.2, 0.25) is 0 Å². The van der Waals surface area contributed by atoms with Crippen LogP contribution in [0.4, 0.5) is 0 Å². The first kappa shape index (κ1) is 11.6. The third-order valence-corrected chi connectivity index (χ3v) is 3.03. The average Bonchev–Trinajstić information content (AvgIpc) is 2.79. The fourth-order valence-electron chi connectivity index (χ4n) is 2.15. The number of hydrogen-bond donors (Lipinski definition) is 1. The number of rotatable bonds is 4. The van der Waals surface area contributed by atoms with E-state index in [4.69, 9.17) is 5.21 Å². The molecule has 2 nitrogen and oxygen atoms in total. The van der Waals surface area contributed by atoms with Gasteiger partial charge in [-0.3, -0.25) is 0 Å². The summed E-state index contributed by atoms with van der Waals surface area (Å²) in [6.07, 6.45) is 10.1. The molecule has 17 heavy (non-hydrogen) atoms. The second-order valence-electron chi connectivity index (χ2n) is 4.24. The highest BCUT2D eigenvalue weighted by Crippen LogP contribution is 2.25. The molecule has 0 saturated heterocycles. The zero-order chi connectivity index (χ0) is 11.9. The molecule has 1 aliphatic carbocycles. The van der Waals surface area contributed by atoms with Gasteiger partial charge in [0.25, 0.3) is 0 Å². The highest BCUT2D eigenvalue weighted by Gasteiger charge is 2.09. The monoisotopic (exact) mass is 227 g/mol. The van der Waals surface area contributed by atoms with Crippen LogP contribution in [0.25, 0.3) is 0 Å². The maximum Gasteiger partial charge on any atom is 0.0696 e. The van der Waals surface area contributed by atoms with Crippen LogP contribution in [-0.4, -0.2) is 11.4 Å². The molecule has 2 heteroatoms. The van der Waals surface area contributed by atoms with E-state index in [0.717, 1.165) is 31.3 Å². The predicted molar refractivity (Wildman–Crippen MR) is 70.4 cm³/mol. The summed E-state index contributed by atoms with van der Waals surface area (Å²) in [5.74, 6) is 0. The van der Waals surface area contributed by atoms with Gasteiger partial charge in [0.05, 0.1) is 6.21 Å². The topological polar surface area (TPSA) is 32.6 Å². The van der Waals surface area contributed by atoms with Crippen LogP contribution < -0.4 is 0 Å². The van der Waals surface area contributed by atoms with E-state index in [1.54, 1.807) is 6.21 Å². The Labute approximate surface area is 102 Å². The predicted octanol–water partition coefficient (Wildman–Crippen LogP) is 3.73. The van der Waals surface area contributed by atoms with Crippen molar-refractivity contribution in [2.24, 2.45) is 5.16 Å². The molecule has 0 heterocycles. The lowest BCUT2D eigenvalue weighted by Crippen LogP contribution is -1.84. The van der Waals surface area contributed by atoms with E-state index in [1.165, 1.54) is 11.1 Å². The first-order chi connectivity index (χ1) is 8.40. The molecule has 1 aliphatic rings. The fourth-order valence-corrected chi connectivity index (χ4v) is 2.15. The molecule has 0 amide bonds. The molecule has 0 atom stereocenters. The van der Waals surface area contributed by atoms with Crippen molar-refractivity contribution in [3.63, 3.8) is 0 Å². The minimum absolute atomic E-state index is 0.952. The maximum atomic E-state index is 8.56. The Balaban J connectivity index is 1.99. The summed E-state index contributed by atoms with van der Waals surface area (Å²) >= 11 is 0. The Kier molecular flexibility index (Phi) is 4.14. The van der Waals surface area contributed by atoms with E-state index < -0.39 is 0 Å². The summed E-state index contributed by atoms with van der Waals surface area (Å²) in [6.45, 7) is 0. The molecule has 0 unspecified atom stereocenters. The molecule has 0 bridgehead atoms. The summed E-state index contributed by atoms with van der Waals surface area (Å²) in [7, 11) is 0. The summed E-state index contributed by atoms with van der Waals surface area (Å²) in [6, 6.07) is 10.4. The second kappa shape index (κ2) is 6.04. The minimum Gasteiger partial charge on any atom is -0.411 e. The second-order valence-corrected chi connectivity index (χ2v) is 4.24. The van der Waals surface area contributed by atoms with Crippen molar-refractivity contribution >= 4 is 6.21 Å². The molecule has 1 N–H and O–H groups in total. The highest BCUT2D eigenvalue weighted by molar-refractivity contribution is 5.80.